The molecule has 0 fully saturated rings. The molecule has 46 heavy (non-hydrogen) atoms. The van der Waals surface area contributed by atoms with E-state index in [0.29, 0.717) is 37.1 Å². The monoisotopic (exact) mass is 609 g/mol. The molecule has 5 aromatic rings. The van der Waals surface area contributed by atoms with E-state index in [1.807, 2.05) is 36.4 Å². The lowest BCUT2D eigenvalue weighted by atomic mass is 9.83. The van der Waals surface area contributed by atoms with Gasteiger partial charge < -0.3 is 24.3 Å². The molecule has 2 aliphatic rings. The number of H-pyrrole nitrogens is 2. The second kappa shape index (κ2) is 12.4. The number of nitrogens with zero attached hydrogens (tertiary/aromatic N) is 1. The van der Waals surface area contributed by atoms with Crippen molar-refractivity contribution in [3.05, 3.63) is 160 Å². The predicted octanol–water partition coefficient (Wildman–Crippen LogP) is 7.88. The van der Waals surface area contributed by atoms with Gasteiger partial charge in [0.2, 0.25) is 0 Å². The molecule has 0 radical (unpaired) electrons. The van der Waals surface area contributed by atoms with Crippen LogP contribution in [-0.2, 0) is 35.2 Å². The number of fused-ring (bicyclic) bond motifs is 2. The minimum atomic E-state index is -0.389. The Hall–Kier alpha value is -5.56. The highest BCUT2D eigenvalue weighted by Gasteiger charge is 2.34. The van der Waals surface area contributed by atoms with Gasteiger partial charge in [-0.3, -0.25) is 0 Å². The van der Waals surface area contributed by atoms with E-state index in [9.17, 15) is 9.59 Å². The van der Waals surface area contributed by atoms with Gasteiger partial charge in [0.25, 0.3) is 0 Å². The molecule has 230 valence electrons. The summed E-state index contributed by atoms with van der Waals surface area (Å²) in [6.45, 7) is 0. The Labute approximate surface area is 268 Å². The molecule has 2 aromatic heterocycles. The Morgan fingerprint density at radius 3 is 1.37 bits per heavy atom. The van der Waals surface area contributed by atoms with Crippen molar-refractivity contribution in [1.29, 1.82) is 0 Å². The summed E-state index contributed by atoms with van der Waals surface area (Å²) >= 11 is 0. The Bertz CT molecular complexity index is 1830. The van der Waals surface area contributed by atoms with E-state index in [1.165, 1.54) is 14.2 Å². The molecule has 2 aliphatic carbocycles. The van der Waals surface area contributed by atoms with Crippen LogP contribution in [0.1, 0.15) is 66.1 Å². The number of hydrogen-bond acceptors (Lipinski definition) is 5. The summed E-state index contributed by atoms with van der Waals surface area (Å²) in [5.74, 6) is -1.09. The number of aromatic nitrogens is 2. The number of para-hydroxylation sites is 2. The molecule has 0 unspecified atom stereocenters. The average Bonchev–Trinajstić information content (AvgIpc) is 3.69. The summed E-state index contributed by atoms with van der Waals surface area (Å²) in [7, 11) is 2.82. The van der Waals surface area contributed by atoms with Crippen LogP contribution in [0.3, 0.4) is 0 Å². The van der Waals surface area contributed by atoms with Gasteiger partial charge in [-0.15, -0.1) is 0 Å². The van der Waals surface area contributed by atoms with Gasteiger partial charge in [0.05, 0.1) is 20.1 Å². The number of anilines is 3. The Balaban J connectivity index is 1.41. The van der Waals surface area contributed by atoms with Gasteiger partial charge >= 0.3 is 11.9 Å². The molecule has 7 nitrogen and oxygen atoms in total. The van der Waals surface area contributed by atoms with Crippen LogP contribution >= 0.6 is 0 Å². The number of esters is 2. The van der Waals surface area contributed by atoms with Crippen molar-refractivity contribution in [1.82, 2.24) is 9.97 Å². The highest BCUT2D eigenvalue weighted by molar-refractivity contribution is 5.91. The molecule has 0 bridgehead atoms. The van der Waals surface area contributed by atoms with E-state index in [4.69, 9.17) is 9.47 Å². The third-order valence-corrected chi connectivity index (χ3v) is 8.99. The van der Waals surface area contributed by atoms with Gasteiger partial charge in [0, 0.05) is 28.5 Å². The molecule has 7 heteroatoms. The maximum Gasteiger partial charge on any atom is 0.354 e. The summed E-state index contributed by atoms with van der Waals surface area (Å²) < 4.78 is 10.4. The molecule has 7 rings (SSSR count). The zero-order valence-electron chi connectivity index (χ0n) is 25.9. The van der Waals surface area contributed by atoms with E-state index < -0.39 is 0 Å². The van der Waals surface area contributed by atoms with Crippen LogP contribution in [0.15, 0.2) is 109 Å². The fourth-order valence-corrected chi connectivity index (χ4v) is 6.86. The summed E-state index contributed by atoms with van der Waals surface area (Å²) in [5, 5.41) is 0. The van der Waals surface area contributed by atoms with Crippen molar-refractivity contribution in [3.8, 4) is 0 Å². The fraction of sp³-hybridized carbons (Fsp3) is 0.179. The number of carbonyl (C=O) groups excluding carboxylic acids is 2. The topological polar surface area (TPSA) is 87.4 Å². The van der Waals surface area contributed by atoms with Crippen molar-refractivity contribution in [2.75, 3.05) is 19.1 Å². The maximum absolute atomic E-state index is 13.0. The van der Waals surface area contributed by atoms with Crippen LogP contribution < -0.4 is 4.90 Å². The molecule has 0 aliphatic heterocycles. The van der Waals surface area contributed by atoms with Crippen molar-refractivity contribution >= 4 is 29.0 Å². The van der Waals surface area contributed by atoms with Crippen LogP contribution in [0, 0.1) is 0 Å². The number of hydrogen-bond donors (Lipinski definition) is 2. The number of ether oxygens (including phenoxy) is 2. The lowest BCUT2D eigenvalue weighted by Gasteiger charge is -2.26. The molecule has 0 saturated carbocycles. The average molecular weight is 610 g/mol. The first-order valence-corrected chi connectivity index (χ1v) is 15.5. The number of aromatic amines is 2. The summed E-state index contributed by atoms with van der Waals surface area (Å²) in [6.07, 6.45) is 11.1. The third-order valence-electron chi connectivity index (χ3n) is 8.99. The largest absolute Gasteiger partial charge is 0.464 e. The Morgan fingerprint density at radius 2 is 0.957 bits per heavy atom. The second-order valence-corrected chi connectivity index (χ2v) is 11.5. The van der Waals surface area contributed by atoms with Crippen LogP contribution in [0.25, 0.3) is 0 Å². The maximum atomic E-state index is 13.0. The number of rotatable bonds is 8. The minimum absolute atomic E-state index is 0.312. The van der Waals surface area contributed by atoms with Crippen LogP contribution in [0.5, 0.6) is 0 Å². The molecule has 0 amide bonds. The van der Waals surface area contributed by atoms with E-state index in [2.05, 4.69) is 87.7 Å². The van der Waals surface area contributed by atoms with Gasteiger partial charge in [-0.05, 0) is 89.9 Å². The lowest BCUT2D eigenvalue weighted by Crippen LogP contribution is -2.13. The molecule has 0 atom stereocenters. The highest BCUT2D eigenvalue weighted by atomic mass is 16.5. The second-order valence-electron chi connectivity index (χ2n) is 11.5. The molecule has 2 heterocycles. The van der Waals surface area contributed by atoms with Crippen molar-refractivity contribution < 1.29 is 19.1 Å². The van der Waals surface area contributed by atoms with E-state index in [0.717, 1.165) is 56.3 Å². The zero-order valence-corrected chi connectivity index (χ0v) is 25.9. The molecular formula is C39H35N3O4. The summed E-state index contributed by atoms with van der Waals surface area (Å²) in [6, 6.07) is 29.2. The number of methoxy groups -OCH3 is 2. The number of benzene rings is 3. The first-order valence-electron chi connectivity index (χ1n) is 15.5. The molecule has 0 saturated heterocycles. The van der Waals surface area contributed by atoms with Gasteiger partial charge in [-0.25, -0.2) is 9.59 Å². The van der Waals surface area contributed by atoms with Gasteiger partial charge in [0.1, 0.15) is 11.4 Å². The number of allylic oxidation sites excluding steroid dienone is 4. The van der Waals surface area contributed by atoms with Gasteiger partial charge in [-0.1, -0.05) is 72.8 Å². The molecule has 2 N–H and O–H groups in total. The van der Waals surface area contributed by atoms with Crippen LogP contribution in [0.2, 0.25) is 0 Å². The smallest absolute Gasteiger partial charge is 0.354 e. The first-order chi connectivity index (χ1) is 22.6. The van der Waals surface area contributed by atoms with Crippen LogP contribution in [-0.4, -0.2) is 36.1 Å². The third kappa shape index (κ3) is 5.13. The van der Waals surface area contributed by atoms with Crippen molar-refractivity contribution in [2.45, 2.75) is 31.6 Å². The Morgan fingerprint density at radius 1 is 0.565 bits per heavy atom. The van der Waals surface area contributed by atoms with Crippen molar-refractivity contribution in [3.63, 3.8) is 0 Å². The standard InChI is InChI=1S/C39H35N3O4/c1-45-38(43)36-31-19-11-9-17-29(31)34(40-36)33(35-30-18-10-12-20-32(30)37(41-35)39(44)46-2)25-21-23-28(24-22-25)42(26-13-5-3-6-14-26)27-15-7-4-8-16-27/h3-16,21-24,33,40-41H,17-20H2,1-2H3. The van der Waals surface area contributed by atoms with E-state index >= 15 is 0 Å². The Kier molecular flexibility index (Phi) is 7.89. The predicted molar refractivity (Wildman–Crippen MR) is 179 cm³/mol. The number of carbonyl (C=O) groups is 2. The van der Waals surface area contributed by atoms with E-state index in [1.54, 1.807) is 0 Å². The highest BCUT2D eigenvalue weighted by Crippen LogP contribution is 2.42. The fourth-order valence-electron chi connectivity index (χ4n) is 6.86. The lowest BCUT2D eigenvalue weighted by molar-refractivity contribution is 0.0585. The molecule has 3 aromatic carbocycles. The van der Waals surface area contributed by atoms with Crippen LogP contribution in [0.4, 0.5) is 17.1 Å². The normalized spacial score (nSPS) is 13.3. The van der Waals surface area contributed by atoms with E-state index in [-0.39, 0.29) is 17.9 Å². The summed E-state index contributed by atoms with van der Waals surface area (Å²) in [4.78, 5) is 35.2. The molecular weight excluding hydrogens is 574 g/mol. The van der Waals surface area contributed by atoms with Gasteiger partial charge in [0.15, 0.2) is 0 Å². The quantitative estimate of drug-likeness (QED) is 0.138. The van der Waals surface area contributed by atoms with Gasteiger partial charge in [-0.2, -0.15) is 0 Å². The minimum Gasteiger partial charge on any atom is -0.464 e. The molecule has 0 spiro atoms. The SMILES string of the molecule is COC(=O)c1[nH]c(C(c2ccc(N(c3ccccc3)c3ccccc3)cc2)c2[nH]c(C(=O)OC)c3c2CC=CC3)c2c1CC=CC2. The number of nitrogens with one attached hydrogen (secondary N) is 2. The summed E-state index contributed by atoms with van der Waals surface area (Å²) in [5.41, 5.74) is 11.0. The zero-order chi connectivity index (χ0) is 31.6. The van der Waals surface area contributed by atoms with Crippen molar-refractivity contribution in [2.24, 2.45) is 0 Å². The first kappa shape index (κ1) is 29.2.